The summed E-state index contributed by atoms with van der Waals surface area (Å²) in [5.74, 6) is -1.08. The molecule has 0 bridgehead atoms. The molecule has 0 spiro atoms. The minimum atomic E-state index is -0.637. The highest BCUT2D eigenvalue weighted by atomic mass is 16.5. The molecule has 124 valence electrons. The van der Waals surface area contributed by atoms with Gasteiger partial charge in [-0.2, -0.15) is 0 Å². The zero-order valence-electron chi connectivity index (χ0n) is 13.0. The lowest BCUT2D eigenvalue weighted by atomic mass is 10.0. The van der Waals surface area contributed by atoms with E-state index in [9.17, 15) is 19.8 Å². The minimum Gasteiger partial charge on any atom is -0.508 e. The van der Waals surface area contributed by atoms with E-state index in [1.807, 2.05) is 0 Å². The number of carbonyl (C=O) groups excluding carboxylic acids is 2. The molecule has 0 aromatic heterocycles. The summed E-state index contributed by atoms with van der Waals surface area (Å²) >= 11 is 0. The number of rotatable bonds is 4. The fourth-order valence-electron chi connectivity index (χ4n) is 2.28. The van der Waals surface area contributed by atoms with Crippen LogP contribution in [0.5, 0.6) is 17.2 Å². The van der Waals surface area contributed by atoms with Gasteiger partial charge in [0.05, 0.1) is 11.1 Å². The fourth-order valence-corrected chi connectivity index (χ4v) is 2.28. The van der Waals surface area contributed by atoms with Crippen molar-refractivity contribution in [2.45, 2.75) is 0 Å². The second-order valence-electron chi connectivity index (χ2n) is 5.31. The maximum absolute atomic E-state index is 12.4. The molecule has 0 aliphatic heterocycles. The monoisotopic (exact) mass is 334 g/mol. The first-order valence-electron chi connectivity index (χ1n) is 7.48. The first-order valence-corrected chi connectivity index (χ1v) is 7.48. The molecule has 5 heteroatoms. The van der Waals surface area contributed by atoms with Gasteiger partial charge in [0.2, 0.25) is 0 Å². The number of hydrogen-bond donors (Lipinski definition) is 2. The van der Waals surface area contributed by atoms with Crippen LogP contribution in [0, 0.1) is 0 Å². The molecule has 0 radical (unpaired) electrons. The Morgan fingerprint density at radius 1 is 0.760 bits per heavy atom. The van der Waals surface area contributed by atoms with Crippen LogP contribution in [0.3, 0.4) is 0 Å². The molecule has 0 amide bonds. The van der Waals surface area contributed by atoms with Crippen LogP contribution >= 0.6 is 0 Å². The summed E-state index contributed by atoms with van der Waals surface area (Å²) < 4.78 is 5.17. The van der Waals surface area contributed by atoms with Crippen molar-refractivity contribution < 1.29 is 24.5 Å². The Bertz CT molecular complexity index is 915. The zero-order chi connectivity index (χ0) is 17.8. The van der Waals surface area contributed by atoms with Crippen molar-refractivity contribution in [3.63, 3.8) is 0 Å². The van der Waals surface area contributed by atoms with E-state index in [2.05, 4.69) is 0 Å². The summed E-state index contributed by atoms with van der Waals surface area (Å²) in [5, 5.41) is 19.3. The highest BCUT2D eigenvalue weighted by molar-refractivity contribution is 6.10. The highest BCUT2D eigenvalue weighted by Gasteiger charge is 2.15. The van der Waals surface area contributed by atoms with Crippen molar-refractivity contribution in [1.82, 2.24) is 0 Å². The number of carbonyl (C=O) groups is 2. The van der Waals surface area contributed by atoms with Gasteiger partial charge in [-0.1, -0.05) is 30.3 Å². The van der Waals surface area contributed by atoms with Crippen LogP contribution in [0.25, 0.3) is 0 Å². The van der Waals surface area contributed by atoms with E-state index in [-0.39, 0.29) is 34.2 Å². The summed E-state index contributed by atoms with van der Waals surface area (Å²) in [7, 11) is 0. The van der Waals surface area contributed by atoms with Gasteiger partial charge in [-0.05, 0) is 36.4 Å². The van der Waals surface area contributed by atoms with Crippen LogP contribution < -0.4 is 4.74 Å². The molecule has 0 saturated heterocycles. The molecule has 0 fully saturated rings. The van der Waals surface area contributed by atoms with Crippen molar-refractivity contribution in [2.24, 2.45) is 0 Å². The van der Waals surface area contributed by atoms with Crippen molar-refractivity contribution in [3.8, 4) is 17.2 Å². The Kier molecular flexibility index (Phi) is 4.48. The number of aromatic hydroxyl groups is 2. The average Bonchev–Trinajstić information content (AvgIpc) is 2.62. The van der Waals surface area contributed by atoms with Gasteiger partial charge in [-0.15, -0.1) is 0 Å². The first kappa shape index (κ1) is 16.3. The second-order valence-corrected chi connectivity index (χ2v) is 5.31. The molecular formula is C20H14O5. The molecule has 0 saturated carbocycles. The Morgan fingerprint density at radius 2 is 1.44 bits per heavy atom. The molecule has 2 N–H and O–H groups in total. The van der Waals surface area contributed by atoms with Crippen molar-refractivity contribution in [2.75, 3.05) is 0 Å². The lowest BCUT2D eigenvalue weighted by Gasteiger charge is -2.08. The van der Waals surface area contributed by atoms with Crippen LogP contribution in [-0.4, -0.2) is 22.0 Å². The van der Waals surface area contributed by atoms with E-state index in [4.69, 9.17) is 4.74 Å². The van der Waals surface area contributed by atoms with Crippen LogP contribution in [0.1, 0.15) is 26.3 Å². The Hall–Kier alpha value is -3.60. The Labute approximate surface area is 143 Å². The number of phenolic OH excluding ortho intramolecular Hbond substituents is 2. The maximum Gasteiger partial charge on any atom is 0.343 e. The normalized spacial score (nSPS) is 10.2. The molecule has 5 nitrogen and oxygen atoms in total. The third kappa shape index (κ3) is 3.67. The van der Waals surface area contributed by atoms with Gasteiger partial charge in [0.15, 0.2) is 5.78 Å². The Morgan fingerprint density at radius 3 is 2.08 bits per heavy atom. The molecule has 0 aliphatic rings. The van der Waals surface area contributed by atoms with Crippen molar-refractivity contribution >= 4 is 11.8 Å². The number of esters is 1. The maximum atomic E-state index is 12.4. The smallest absolute Gasteiger partial charge is 0.343 e. The first-order chi connectivity index (χ1) is 12.0. The largest absolute Gasteiger partial charge is 0.508 e. The SMILES string of the molecule is O=C(Oc1ccc(C(=O)c2ccccc2)c(O)c1)c1ccc(O)cc1. The third-order valence-electron chi connectivity index (χ3n) is 3.56. The Balaban J connectivity index is 1.79. The zero-order valence-corrected chi connectivity index (χ0v) is 13.0. The fraction of sp³-hybridized carbons (Fsp3) is 0. The van der Waals surface area contributed by atoms with Crippen molar-refractivity contribution in [3.05, 3.63) is 89.5 Å². The topological polar surface area (TPSA) is 83.8 Å². The number of benzene rings is 3. The lowest BCUT2D eigenvalue weighted by molar-refractivity contribution is 0.0734. The molecule has 25 heavy (non-hydrogen) atoms. The van der Waals surface area contributed by atoms with Crippen molar-refractivity contribution in [1.29, 1.82) is 0 Å². The van der Waals surface area contributed by atoms with E-state index >= 15 is 0 Å². The minimum absolute atomic E-state index is 0.0398. The van der Waals surface area contributed by atoms with Crippen LogP contribution in [-0.2, 0) is 0 Å². The average molecular weight is 334 g/mol. The molecule has 0 unspecified atom stereocenters. The van der Waals surface area contributed by atoms with Crippen LogP contribution in [0.2, 0.25) is 0 Å². The summed E-state index contributed by atoms with van der Waals surface area (Å²) in [6, 6.07) is 18.2. The van der Waals surface area contributed by atoms with E-state index < -0.39 is 5.97 Å². The molecule has 0 aliphatic carbocycles. The quantitative estimate of drug-likeness (QED) is 0.433. The van der Waals surface area contributed by atoms with Gasteiger partial charge in [0.1, 0.15) is 17.2 Å². The van der Waals surface area contributed by atoms with Gasteiger partial charge in [0.25, 0.3) is 0 Å². The van der Waals surface area contributed by atoms with Gasteiger partial charge in [-0.25, -0.2) is 4.79 Å². The van der Waals surface area contributed by atoms with Crippen LogP contribution in [0.15, 0.2) is 72.8 Å². The summed E-state index contributed by atoms with van der Waals surface area (Å²) in [6.45, 7) is 0. The molecule has 0 heterocycles. The van der Waals surface area contributed by atoms with Gasteiger partial charge in [0, 0.05) is 11.6 Å². The number of ether oxygens (including phenoxy) is 1. The standard InChI is InChI=1S/C20H14O5/c21-15-8-6-14(7-9-15)20(24)25-16-10-11-17(18(22)12-16)19(23)13-4-2-1-3-5-13/h1-12,21-22H. The molecule has 3 aromatic rings. The third-order valence-corrected chi connectivity index (χ3v) is 3.56. The predicted octanol–water partition coefficient (Wildman–Crippen LogP) is 3.55. The van der Waals surface area contributed by atoms with E-state index in [0.717, 1.165) is 0 Å². The van der Waals surface area contributed by atoms with Gasteiger partial charge < -0.3 is 14.9 Å². The second kappa shape index (κ2) is 6.88. The van der Waals surface area contributed by atoms with E-state index in [1.54, 1.807) is 30.3 Å². The van der Waals surface area contributed by atoms with Gasteiger partial charge in [-0.3, -0.25) is 4.79 Å². The lowest BCUT2D eigenvalue weighted by Crippen LogP contribution is -2.08. The van der Waals surface area contributed by atoms with Crippen LogP contribution in [0.4, 0.5) is 0 Å². The highest BCUT2D eigenvalue weighted by Crippen LogP contribution is 2.26. The van der Waals surface area contributed by atoms with Gasteiger partial charge >= 0.3 is 5.97 Å². The summed E-state index contributed by atoms with van der Waals surface area (Å²) in [4.78, 5) is 24.4. The summed E-state index contributed by atoms with van der Waals surface area (Å²) in [6.07, 6.45) is 0. The number of phenols is 2. The van der Waals surface area contributed by atoms with E-state index in [0.29, 0.717) is 5.56 Å². The molecule has 0 atom stereocenters. The number of ketones is 1. The molecule has 3 aromatic carbocycles. The number of hydrogen-bond acceptors (Lipinski definition) is 5. The predicted molar refractivity (Wildman–Crippen MR) is 91.0 cm³/mol. The summed E-state index contributed by atoms with van der Waals surface area (Å²) in [5.41, 5.74) is 0.823. The molecular weight excluding hydrogens is 320 g/mol. The van der Waals surface area contributed by atoms with E-state index in [1.165, 1.54) is 42.5 Å². The molecule has 3 rings (SSSR count).